The predicted molar refractivity (Wildman–Crippen MR) is 95.0 cm³/mol. The number of fused-ring (bicyclic) bond motifs is 1. The van der Waals surface area contributed by atoms with Gasteiger partial charge in [0.15, 0.2) is 0 Å². The van der Waals surface area contributed by atoms with Crippen molar-refractivity contribution in [3.8, 4) is 11.5 Å². The highest BCUT2D eigenvalue weighted by atomic mass is 16.5. The Balaban J connectivity index is 1.77. The van der Waals surface area contributed by atoms with Gasteiger partial charge in [0.2, 0.25) is 5.91 Å². The van der Waals surface area contributed by atoms with E-state index in [-0.39, 0.29) is 11.9 Å². The molecule has 4 heteroatoms. The summed E-state index contributed by atoms with van der Waals surface area (Å²) < 4.78 is 10.8. The molecule has 126 valence electrons. The standard InChI is InChI=1S/C20H23NO3/c1-14-13-15-7-4-5-8-17(15)21(14)20(22)12-11-16-18(23-2)9-6-10-19(16)24-3/h4-10,14H,11-13H2,1-3H3/t14-/m1/s1. The minimum absolute atomic E-state index is 0.139. The van der Waals surface area contributed by atoms with E-state index in [0.29, 0.717) is 12.8 Å². The van der Waals surface area contributed by atoms with E-state index < -0.39 is 0 Å². The third-order valence-electron chi connectivity index (χ3n) is 4.59. The molecule has 1 aliphatic heterocycles. The number of para-hydroxylation sites is 1. The summed E-state index contributed by atoms with van der Waals surface area (Å²) in [6.45, 7) is 2.10. The number of hydrogen-bond donors (Lipinski definition) is 0. The van der Waals surface area contributed by atoms with Gasteiger partial charge < -0.3 is 14.4 Å². The smallest absolute Gasteiger partial charge is 0.227 e. The van der Waals surface area contributed by atoms with Gasteiger partial charge in [0.05, 0.1) is 14.2 Å². The zero-order valence-electron chi connectivity index (χ0n) is 14.4. The second-order valence-electron chi connectivity index (χ2n) is 6.09. The summed E-state index contributed by atoms with van der Waals surface area (Å²) in [5.74, 6) is 1.66. The molecule has 0 N–H and O–H groups in total. The summed E-state index contributed by atoms with van der Waals surface area (Å²) in [5.41, 5.74) is 3.23. The fourth-order valence-corrected chi connectivity index (χ4v) is 3.47. The van der Waals surface area contributed by atoms with Crippen LogP contribution in [0.1, 0.15) is 24.5 Å². The van der Waals surface area contributed by atoms with Crippen LogP contribution in [0.4, 0.5) is 5.69 Å². The van der Waals surface area contributed by atoms with Crippen molar-refractivity contribution in [1.29, 1.82) is 0 Å². The average Bonchev–Trinajstić information content (AvgIpc) is 2.95. The topological polar surface area (TPSA) is 38.8 Å². The molecular weight excluding hydrogens is 302 g/mol. The molecule has 0 fully saturated rings. The Morgan fingerprint density at radius 3 is 2.42 bits per heavy atom. The van der Waals surface area contributed by atoms with Gasteiger partial charge in [-0.05, 0) is 43.5 Å². The number of nitrogens with zero attached hydrogens (tertiary/aromatic N) is 1. The van der Waals surface area contributed by atoms with Crippen LogP contribution in [0.5, 0.6) is 11.5 Å². The molecule has 2 aromatic rings. The SMILES string of the molecule is COc1cccc(OC)c1CCC(=O)N1c2ccccc2C[C@H]1C. The highest BCUT2D eigenvalue weighted by Crippen LogP contribution is 2.34. The van der Waals surface area contributed by atoms with Gasteiger partial charge in [0, 0.05) is 23.7 Å². The molecule has 3 rings (SSSR count). The lowest BCUT2D eigenvalue weighted by atomic mass is 10.1. The summed E-state index contributed by atoms with van der Waals surface area (Å²) >= 11 is 0. The molecule has 4 nitrogen and oxygen atoms in total. The average molecular weight is 325 g/mol. The van der Waals surface area contributed by atoms with Crippen LogP contribution in [0.25, 0.3) is 0 Å². The van der Waals surface area contributed by atoms with Crippen LogP contribution in [-0.4, -0.2) is 26.2 Å². The molecule has 1 heterocycles. The van der Waals surface area contributed by atoms with E-state index in [1.165, 1.54) is 5.56 Å². The minimum Gasteiger partial charge on any atom is -0.496 e. The van der Waals surface area contributed by atoms with Gasteiger partial charge in [-0.1, -0.05) is 24.3 Å². The number of amides is 1. The maximum atomic E-state index is 12.8. The first-order chi connectivity index (χ1) is 11.7. The number of carbonyl (C=O) groups is 1. The van der Waals surface area contributed by atoms with Crippen LogP contribution in [0.15, 0.2) is 42.5 Å². The second-order valence-corrected chi connectivity index (χ2v) is 6.09. The number of rotatable bonds is 5. The summed E-state index contributed by atoms with van der Waals surface area (Å²) in [5, 5.41) is 0. The van der Waals surface area contributed by atoms with Crippen LogP contribution < -0.4 is 14.4 Å². The van der Waals surface area contributed by atoms with Crippen LogP contribution >= 0.6 is 0 Å². The van der Waals surface area contributed by atoms with E-state index in [1.54, 1.807) is 14.2 Å². The summed E-state index contributed by atoms with van der Waals surface area (Å²) in [6.07, 6.45) is 1.94. The molecule has 0 saturated heterocycles. The van der Waals surface area contributed by atoms with Gasteiger partial charge in [-0.2, -0.15) is 0 Å². The zero-order valence-corrected chi connectivity index (χ0v) is 14.4. The Morgan fingerprint density at radius 1 is 1.08 bits per heavy atom. The van der Waals surface area contributed by atoms with Crippen molar-refractivity contribution in [3.05, 3.63) is 53.6 Å². The molecule has 1 amide bonds. The highest BCUT2D eigenvalue weighted by Gasteiger charge is 2.30. The number of benzene rings is 2. The Hall–Kier alpha value is -2.49. The predicted octanol–water partition coefficient (Wildman–Crippen LogP) is 3.61. The fourth-order valence-electron chi connectivity index (χ4n) is 3.47. The van der Waals surface area contributed by atoms with Crippen molar-refractivity contribution in [2.75, 3.05) is 19.1 Å². The van der Waals surface area contributed by atoms with Crippen molar-refractivity contribution in [2.45, 2.75) is 32.2 Å². The van der Waals surface area contributed by atoms with E-state index in [9.17, 15) is 4.79 Å². The molecule has 2 aromatic carbocycles. The van der Waals surface area contributed by atoms with Crippen molar-refractivity contribution in [3.63, 3.8) is 0 Å². The molecule has 0 aliphatic carbocycles. The number of hydrogen-bond acceptors (Lipinski definition) is 3. The molecule has 1 atom stereocenters. The molecule has 1 aliphatic rings. The quantitative estimate of drug-likeness (QED) is 0.843. The lowest BCUT2D eigenvalue weighted by Crippen LogP contribution is -2.35. The molecule has 0 radical (unpaired) electrons. The van der Waals surface area contributed by atoms with Crippen molar-refractivity contribution in [2.24, 2.45) is 0 Å². The maximum Gasteiger partial charge on any atom is 0.227 e. The van der Waals surface area contributed by atoms with Gasteiger partial charge in [0.1, 0.15) is 11.5 Å². The summed E-state index contributed by atoms with van der Waals surface area (Å²) in [4.78, 5) is 14.8. The van der Waals surface area contributed by atoms with Crippen molar-refractivity contribution in [1.82, 2.24) is 0 Å². The Labute approximate surface area is 143 Å². The van der Waals surface area contributed by atoms with Gasteiger partial charge >= 0.3 is 0 Å². The van der Waals surface area contributed by atoms with Crippen molar-refractivity contribution < 1.29 is 14.3 Å². The lowest BCUT2D eigenvalue weighted by molar-refractivity contribution is -0.118. The van der Waals surface area contributed by atoms with Gasteiger partial charge in [-0.25, -0.2) is 0 Å². The molecule has 24 heavy (non-hydrogen) atoms. The maximum absolute atomic E-state index is 12.8. The van der Waals surface area contributed by atoms with Crippen LogP contribution in [0.3, 0.4) is 0 Å². The number of methoxy groups -OCH3 is 2. The van der Waals surface area contributed by atoms with E-state index >= 15 is 0 Å². The zero-order chi connectivity index (χ0) is 17.1. The third kappa shape index (κ3) is 2.96. The van der Waals surface area contributed by atoms with Crippen molar-refractivity contribution >= 4 is 11.6 Å². The first-order valence-electron chi connectivity index (χ1n) is 8.25. The van der Waals surface area contributed by atoms with Crippen LogP contribution in [0, 0.1) is 0 Å². The minimum atomic E-state index is 0.139. The second kappa shape index (κ2) is 6.95. The highest BCUT2D eigenvalue weighted by molar-refractivity contribution is 5.96. The Morgan fingerprint density at radius 2 is 1.75 bits per heavy atom. The fraction of sp³-hybridized carbons (Fsp3) is 0.350. The summed E-state index contributed by atoms with van der Waals surface area (Å²) in [7, 11) is 3.28. The summed E-state index contributed by atoms with van der Waals surface area (Å²) in [6, 6.07) is 14.0. The molecule has 0 unspecified atom stereocenters. The van der Waals surface area contributed by atoms with E-state index in [2.05, 4.69) is 13.0 Å². The Bertz CT molecular complexity index is 719. The number of ether oxygens (including phenoxy) is 2. The first-order valence-corrected chi connectivity index (χ1v) is 8.25. The largest absolute Gasteiger partial charge is 0.496 e. The monoisotopic (exact) mass is 325 g/mol. The van der Waals surface area contributed by atoms with E-state index in [1.807, 2.05) is 41.3 Å². The lowest BCUT2D eigenvalue weighted by Gasteiger charge is -2.23. The molecule has 0 aromatic heterocycles. The van der Waals surface area contributed by atoms with Gasteiger partial charge in [-0.3, -0.25) is 4.79 Å². The van der Waals surface area contributed by atoms with E-state index in [0.717, 1.165) is 29.2 Å². The molecule has 0 saturated carbocycles. The number of anilines is 1. The Kier molecular flexibility index (Phi) is 4.74. The van der Waals surface area contributed by atoms with Crippen LogP contribution in [-0.2, 0) is 17.6 Å². The molecule has 0 spiro atoms. The molecule has 0 bridgehead atoms. The van der Waals surface area contributed by atoms with E-state index in [4.69, 9.17) is 9.47 Å². The van der Waals surface area contributed by atoms with Gasteiger partial charge in [0.25, 0.3) is 0 Å². The number of carbonyl (C=O) groups excluding carboxylic acids is 1. The van der Waals surface area contributed by atoms with Crippen LogP contribution in [0.2, 0.25) is 0 Å². The first kappa shape index (κ1) is 16.4. The third-order valence-corrected chi connectivity index (χ3v) is 4.59. The normalized spacial score (nSPS) is 16.0. The molecular formula is C20H23NO3. The van der Waals surface area contributed by atoms with Gasteiger partial charge in [-0.15, -0.1) is 0 Å².